The van der Waals surface area contributed by atoms with Crippen LogP contribution in [0.2, 0.25) is 0 Å². The van der Waals surface area contributed by atoms with Crippen molar-refractivity contribution in [1.29, 1.82) is 0 Å². The van der Waals surface area contributed by atoms with Crippen molar-refractivity contribution in [2.24, 2.45) is 0 Å². The Labute approximate surface area is 90.7 Å². The van der Waals surface area contributed by atoms with Crippen LogP contribution in [-0.2, 0) is 4.79 Å². The Kier molecular flexibility index (Phi) is 3.57. The molecule has 0 radical (unpaired) electrons. The molecule has 88 valence electrons. The molecular weight excluding hydrogens is 221 g/mol. The lowest BCUT2D eigenvalue weighted by Gasteiger charge is -2.15. The quantitative estimate of drug-likeness (QED) is 0.869. The molecule has 0 saturated carbocycles. The molecular formula is C11H11F3O2. The predicted octanol–water partition coefficient (Wildman–Crippen LogP) is 3.12. The van der Waals surface area contributed by atoms with E-state index in [0.717, 1.165) is 5.56 Å². The molecule has 0 unspecified atom stereocenters. The molecule has 0 fully saturated rings. The van der Waals surface area contributed by atoms with Gasteiger partial charge in [-0.05, 0) is 12.5 Å². The van der Waals surface area contributed by atoms with E-state index in [0.29, 0.717) is 0 Å². The third kappa shape index (κ3) is 3.56. The van der Waals surface area contributed by atoms with Gasteiger partial charge in [-0.15, -0.1) is 0 Å². The Morgan fingerprint density at radius 2 is 1.81 bits per heavy atom. The number of hydrogen-bond donors (Lipinski definition) is 1. The van der Waals surface area contributed by atoms with Crippen molar-refractivity contribution in [3.63, 3.8) is 0 Å². The van der Waals surface area contributed by atoms with Crippen molar-refractivity contribution in [3.8, 4) is 0 Å². The Hall–Kier alpha value is -1.52. The van der Waals surface area contributed by atoms with Gasteiger partial charge in [-0.2, -0.15) is 13.2 Å². The summed E-state index contributed by atoms with van der Waals surface area (Å²) < 4.78 is 36.5. The maximum atomic E-state index is 12.2. The summed E-state index contributed by atoms with van der Waals surface area (Å²) >= 11 is 0. The fraction of sp³-hybridized carbons (Fsp3) is 0.364. The molecule has 0 spiro atoms. The highest BCUT2D eigenvalue weighted by Gasteiger charge is 2.36. The minimum Gasteiger partial charge on any atom is -0.481 e. The fourth-order valence-electron chi connectivity index (χ4n) is 1.38. The lowest BCUT2D eigenvalue weighted by Crippen LogP contribution is -2.20. The van der Waals surface area contributed by atoms with Gasteiger partial charge in [0, 0.05) is 0 Å². The first kappa shape index (κ1) is 12.5. The first-order valence-electron chi connectivity index (χ1n) is 4.66. The first-order chi connectivity index (χ1) is 7.29. The van der Waals surface area contributed by atoms with Gasteiger partial charge >= 0.3 is 12.1 Å². The molecule has 2 nitrogen and oxygen atoms in total. The lowest BCUT2D eigenvalue weighted by molar-refractivity contribution is -0.157. The number of carbonyl (C=O) groups is 1. The van der Waals surface area contributed by atoms with Gasteiger partial charge in [0.2, 0.25) is 0 Å². The predicted molar refractivity (Wildman–Crippen MR) is 52.2 cm³/mol. The summed E-state index contributed by atoms with van der Waals surface area (Å²) in [6.45, 7) is 1.78. The molecule has 1 atom stereocenters. The van der Waals surface area contributed by atoms with E-state index in [1.165, 1.54) is 12.1 Å². The number of carboxylic acid groups (broad SMARTS) is 1. The van der Waals surface area contributed by atoms with Crippen LogP contribution in [0.25, 0.3) is 0 Å². The van der Waals surface area contributed by atoms with Gasteiger partial charge in [0.1, 0.15) is 0 Å². The highest BCUT2D eigenvalue weighted by atomic mass is 19.4. The summed E-state index contributed by atoms with van der Waals surface area (Å²) in [5, 5.41) is 8.76. The summed E-state index contributed by atoms with van der Waals surface area (Å²) in [7, 11) is 0. The Bertz CT molecular complexity index is 368. The average Bonchev–Trinajstić information content (AvgIpc) is 2.14. The van der Waals surface area contributed by atoms with Crippen molar-refractivity contribution < 1.29 is 23.1 Å². The highest BCUT2D eigenvalue weighted by Crippen LogP contribution is 2.31. The molecule has 1 aromatic carbocycles. The van der Waals surface area contributed by atoms with Crippen LogP contribution in [0.15, 0.2) is 24.3 Å². The maximum absolute atomic E-state index is 12.2. The van der Waals surface area contributed by atoms with E-state index >= 15 is 0 Å². The number of rotatable bonds is 3. The van der Waals surface area contributed by atoms with E-state index in [1.807, 2.05) is 0 Å². The molecule has 0 aliphatic rings. The topological polar surface area (TPSA) is 37.3 Å². The molecule has 0 aliphatic heterocycles. The van der Waals surface area contributed by atoms with Crippen LogP contribution < -0.4 is 0 Å². The molecule has 1 N–H and O–H groups in total. The Morgan fingerprint density at radius 1 is 1.31 bits per heavy atom. The largest absolute Gasteiger partial charge is 0.481 e. The SMILES string of the molecule is Cc1ccc([C@@H](CC(F)(F)F)C(=O)O)cc1. The van der Waals surface area contributed by atoms with Gasteiger partial charge in [-0.25, -0.2) is 0 Å². The fourth-order valence-corrected chi connectivity index (χ4v) is 1.38. The third-order valence-corrected chi connectivity index (χ3v) is 2.21. The number of hydrogen-bond acceptors (Lipinski definition) is 1. The zero-order chi connectivity index (χ0) is 12.3. The minimum atomic E-state index is -4.48. The molecule has 5 heteroatoms. The Balaban J connectivity index is 2.94. The van der Waals surface area contributed by atoms with Gasteiger partial charge in [-0.1, -0.05) is 29.8 Å². The number of alkyl halides is 3. The van der Waals surface area contributed by atoms with Crippen LogP contribution in [0.3, 0.4) is 0 Å². The van der Waals surface area contributed by atoms with Crippen LogP contribution in [0.5, 0.6) is 0 Å². The van der Waals surface area contributed by atoms with Crippen molar-refractivity contribution in [2.75, 3.05) is 0 Å². The molecule has 0 saturated heterocycles. The molecule has 16 heavy (non-hydrogen) atoms. The molecule has 0 aliphatic carbocycles. The monoisotopic (exact) mass is 232 g/mol. The van der Waals surface area contributed by atoms with Crippen LogP contribution in [0.4, 0.5) is 13.2 Å². The number of halogens is 3. The average molecular weight is 232 g/mol. The number of benzene rings is 1. The van der Waals surface area contributed by atoms with Crippen LogP contribution in [0, 0.1) is 6.92 Å². The summed E-state index contributed by atoms with van der Waals surface area (Å²) in [5.41, 5.74) is 1.05. The van der Waals surface area contributed by atoms with Gasteiger partial charge in [0.05, 0.1) is 12.3 Å². The summed E-state index contributed by atoms with van der Waals surface area (Å²) in [6.07, 6.45) is -5.82. The normalized spacial score (nSPS) is 13.5. The smallest absolute Gasteiger partial charge is 0.390 e. The van der Waals surface area contributed by atoms with E-state index in [1.54, 1.807) is 19.1 Å². The zero-order valence-electron chi connectivity index (χ0n) is 8.58. The maximum Gasteiger partial charge on any atom is 0.390 e. The lowest BCUT2D eigenvalue weighted by atomic mass is 9.95. The summed E-state index contributed by atoms with van der Waals surface area (Å²) in [4.78, 5) is 10.8. The summed E-state index contributed by atoms with van der Waals surface area (Å²) in [5.74, 6) is -2.98. The van der Waals surface area contributed by atoms with E-state index in [2.05, 4.69) is 0 Å². The van der Waals surface area contributed by atoms with E-state index in [-0.39, 0.29) is 5.56 Å². The second kappa shape index (κ2) is 4.55. The highest BCUT2D eigenvalue weighted by molar-refractivity contribution is 5.76. The van der Waals surface area contributed by atoms with Gasteiger partial charge in [0.15, 0.2) is 0 Å². The van der Waals surface area contributed by atoms with Gasteiger partial charge < -0.3 is 5.11 Å². The van der Waals surface area contributed by atoms with Crippen molar-refractivity contribution in [1.82, 2.24) is 0 Å². The van der Waals surface area contributed by atoms with Gasteiger partial charge in [-0.3, -0.25) is 4.79 Å². The number of carboxylic acids is 1. The van der Waals surface area contributed by atoms with Crippen LogP contribution in [-0.4, -0.2) is 17.3 Å². The molecule has 0 aromatic heterocycles. The molecule has 1 aromatic rings. The zero-order valence-corrected chi connectivity index (χ0v) is 8.58. The molecule has 1 rings (SSSR count). The second-order valence-electron chi connectivity index (χ2n) is 3.62. The third-order valence-electron chi connectivity index (χ3n) is 2.21. The Morgan fingerprint density at radius 3 is 2.19 bits per heavy atom. The van der Waals surface area contributed by atoms with Crippen molar-refractivity contribution >= 4 is 5.97 Å². The van der Waals surface area contributed by atoms with Crippen LogP contribution in [0.1, 0.15) is 23.5 Å². The number of aryl methyl sites for hydroxylation is 1. The second-order valence-corrected chi connectivity index (χ2v) is 3.62. The van der Waals surface area contributed by atoms with E-state index in [9.17, 15) is 18.0 Å². The van der Waals surface area contributed by atoms with E-state index < -0.39 is 24.5 Å². The van der Waals surface area contributed by atoms with Gasteiger partial charge in [0.25, 0.3) is 0 Å². The molecule has 0 bridgehead atoms. The molecule has 0 heterocycles. The van der Waals surface area contributed by atoms with E-state index in [4.69, 9.17) is 5.11 Å². The first-order valence-corrected chi connectivity index (χ1v) is 4.66. The summed E-state index contributed by atoms with van der Waals surface area (Å²) in [6, 6.07) is 6.03. The minimum absolute atomic E-state index is 0.176. The number of aliphatic carboxylic acids is 1. The molecule has 0 amide bonds. The van der Waals surface area contributed by atoms with Crippen molar-refractivity contribution in [3.05, 3.63) is 35.4 Å². The standard InChI is InChI=1S/C11H11F3O2/c1-7-2-4-8(5-3-7)9(10(15)16)6-11(12,13)14/h2-5,9H,6H2,1H3,(H,15,16)/t9-/m1/s1. The van der Waals surface area contributed by atoms with Crippen molar-refractivity contribution in [2.45, 2.75) is 25.4 Å². The van der Waals surface area contributed by atoms with Crippen LogP contribution >= 0.6 is 0 Å².